The molecule has 0 bridgehead atoms. The van der Waals surface area contributed by atoms with Gasteiger partial charge >= 0.3 is 0 Å². The Morgan fingerprint density at radius 3 is 2.91 bits per heavy atom. The van der Waals surface area contributed by atoms with E-state index in [1.165, 1.54) is 0 Å². The summed E-state index contributed by atoms with van der Waals surface area (Å²) in [6.07, 6.45) is 0.957. The fourth-order valence-electron chi connectivity index (χ4n) is 1.38. The molecule has 3 nitrogen and oxygen atoms in total. The minimum atomic E-state index is -0.157. The number of hydrogen-bond donors (Lipinski definition) is 2. The summed E-state index contributed by atoms with van der Waals surface area (Å²) in [6, 6.07) is 0. The van der Waals surface area contributed by atoms with Gasteiger partial charge in [-0.25, -0.2) is 0 Å². The Labute approximate surface area is 67.5 Å². The molecule has 2 N–H and O–H groups in total. The molecule has 1 aliphatic rings. The van der Waals surface area contributed by atoms with E-state index in [4.69, 9.17) is 0 Å². The lowest BCUT2D eigenvalue weighted by Gasteiger charge is -2.20. The third-order valence-corrected chi connectivity index (χ3v) is 2.25. The highest BCUT2D eigenvalue weighted by Gasteiger charge is 2.35. The average molecular weight is 156 g/mol. The van der Waals surface area contributed by atoms with Gasteiger partial charge in [0.1, 0.15) is 0 Å². The van der Waals surface area contributed by atoms with Crippen molar-refractivity contribution in [2.24, 2.45) is 5.41 Å². The first-order valence-corrected chi connectivity index (χ1v) is 4.18. The van der Waals surface area contributed by atoms with E-state index in [0.29, 0.717) is 0 Å². The topological polar surface area (TPSA) is 41.1 Å². The molecule has 0 spiro atoms. The van der Waals surface area contributed by atoms with Crippen molar-refractivity contribution in [3.05, 3.63) is 0 Å². The van der Waals surface area contributed by atoms with Gasteiger partial charge in [-0.1, -0.05) is 0 Å². The first kappa shape index (κ1) is 8.53. The summed E-state index contributed by atoms with van der Waals surface area (Å²) in [7, 11) is 0. The van der Waals surface area contributed by atoms with Gasteiger partial charge in [-0.05, 0) is 26.8 Å². The molecule has 1 unspecified atom stereocenters. The Balaban J connectivity index is 2.49. The molecule has 0 aliphatic carbocycles. The molecule has 1 amide bonds. The third kappa shape index (κ3) is 1.71. The van der Waals surface area contributed by atoms with Crippen LogP contribution in [0.5, 0.6) is 0 Å². The normalized spacial score (nSPS) is 30.4. The van der Waals surface area contributed by atoms with Crippen LogP contribution >= 0.6 is 0 Å². The van der Waals surface area contributed by atoms with Gasteiger partial charge in [-0.15, -0.1) is 0 Å². The Kier molecular flexibility index (Phi) is 2.49. The van der Waals surface area contributed by atoms with Crippen LogP contribution in [-0.2, 0) is 4.79 Å². The number of rotatable bonds is 2. The van der Waals surface area contributed by atoms with E-state index in [0.717, 1.165) is 26.1 Å². The lowest BCUT2D eigenvalue weighted by atomic mass is 9.89. The molecule has 0 radical (unpaired) electrons. The zero-order chi connectivity index (χ0) is 8.32. The Hall–Kier alpha value is -0.570. The van der Waals surface area contributed by atoms with Gasteiger partial charge in [0.05, 0.1) is 5.41 Å². The summed E-state index contributed by atoms with van der Waals surface area (Å²) in [4.78, 5) is 11.4. The molecule has 0 aromatic heterocycles. The number of carbonyl (C=O) groups is 1. The van der Waals surface area contributed by atoms with Gasteiger partial charge < -0.3 is 10.6 Å². The van der Waals surface area contributed by atoms with Crippen molar-refractivity contribution in [1.82, 2.24) is 10.6 Å². The van der Waals surface area contributed by atoms with E-state index < -0.39 is 0 Å². The van der Waals surface area contributed by atoms with Crippen LogP contribution in [0.2, 0.25) is 0 Å². The maximum absolute atomic E-state index is 11.4. The molecule has 0 aromatic rings. The zero-order valence-corrected chi connectivity index (χ0v) is 7.24. The first-order chi connectivity index (χ1) is 5.19. The third-order valence-electron chi connectivity index (χ3n) is 2.25. The lowest BCUT2D eigenvalue weighted by Crippen LogP contribution is -2.40. The fraction of sp³-hybridized carbons (Fsp3) is 0.875. The van der Waals surface area contributed by atoms with Crippen molar-refractivity contribution in [1.29, 1.82) is 0 Å². The maximum atomic E-state index is 11.4. The van der Waals surface area contributed by atoms with Crippen molar-refractivity contribution in [3.8, 4) is 0 Å². The highest BCUT2D eigenvalue weighted by molar-refractivity contribution is 5.82. The maximum Gasteiger partial charge on any atom is 0.227 e. The molecule has 0 aromatic carbocycles. The van der Waals surface area contributed by atoms with Gasteiger partial charge in [0.15, 0.2) is 0 Å². The predicted octanol–water partition coefficient (Wildman–Crippen LogP) is 0.122. The molecule has 1 heterocycles. The molecule has 1 rings (SSSR count). The van der Waals surface area contributed by atoms with Crippen LogP contribution in [0.15, 0.2) is 0 Å². The van der Waals surface area contributed by atoms with E-state index >= 15 is 0 Å². The highest BCUT2D eigenvalue weighted by atomic mass is 16.2. The van der Waals surface area contributed by atoms with E-state index in [1.54, 1.807) is 0 Å². The van der Waals surface area contributed by atoms with Crippen LogP contribution in [0.25, 0.3) is 0 Å². The van der Waals surface area contributed by atoms with Crippen LogP contribution in [-0.4, -0.2) is 25.5 Å². The molecule has 3 heteroatoms. The molecule has 1 atom stereocenters. The standard InChI is InChI=1S/C8H16N2O/c1-3-10-7(11)8(2)4-5-9-6-8/h9H,3-6H2,1-2H3,(H,10,11). The van der Waals surface area contributed by atoms with Crippen LogP contribution in [0.1, 0.15) is 20.3 Å². The van der Waals surface area contributed by atoms with Gasteiger partial charge in [0.25, 0.3) is 0 Å². The average Bonchev–Trinajstić information content (AvgIpc) is 2.38. The van der Waals surface area contributed by atoms with E-state index in [2.05, 4.69) is 10.6 Å². The second-order valence-electron chi connectivity index (χ2n) is 3.35. The molecule has 64 valence electrons. The molecule has 11 heavy (non-hydrogen) atoms. The second-order valence-corrected chi connectivity index (χ2v) is 3.35. The first-order valence-electron chi connectivity index (χ1n) is 4.18. The number of carbonyl (C=O) groups excluding carboxylic acids is 1. The number of amides is 1. The number of hydrogen-bond acceptors (Lipinski definition) is 2. The smallest absolute Gasteiger partial charge is 0.227 e. The van der Waals surface area contributed by atoms with Crippen LogP contribution in [0.4, 0.5) is 0 Å². The van der Waals surface area contributed by atoms with Crippen molar-refractivity contribution in [2.45, 2.75) is 20.3 Å². The predicted molar refractivity (Wildman–Crippen MR) is 44.3 cm³/mol. The molecular formula is C8H16N2O. The Morgan fingerprint density at radius 2 is 2.45 bits per heavy atom. The zero-order valence-electron chi connectivity index (χ0n) is 7.24. The van der Waals surface area contributed by atoms with E-state index in [1.807, 2.05) is 13.8 Å². The fourth-order valence-corrected chi connectivity index (χ4v) is 1.38. The van der Waals surface area contributed by atoms with Crippen LogP contribution in [0, 0.1) is 5.41 Å². The summed E-state index contributed by atoms with van der Waals surface area (Å²) < 4.78 is 0. The lowest BCUT2D eigenvalue weighted by molar-refractivity contribution is -0.129. The van der Waals surface area contributed by atoms with Crippen molar-refractivity contribution in [3.63, 3.8) is 0 Å². The Bertz CT molecular complexity index is 150. The van der Waals surface area contributed by atoms with Crippen LogP contribution in [0.3, 0.4) is 0 Å². The van der Waals surface area contributed by atoms with Crippen molar-refractivity contribution in [2.75, 3.05) is 19.6 Å². The summed E-state index contributed by atoms with van der Waals surface area (Å²) in [6.45, 7) is 6.47. The van der Waals surface area contributed by atoms with E-state index in [-0.39, 0.29) is 11.3 Å². The minimum Gasteiger partial charge on any atom is -0.356 e. The van der Waals surface area contributed by atoms with Crippen molar-refractivity contribution >= 4 is 5.91 Å². The van der Waals surface area contributed by atoms with Gasteiger partial charge in [0.2, 0.25) is 5.91 Å². The van der Waals surface area contributed by atoms with Gasteiger partial charge in [-0.2, -0.15) is 0 Å². The molecule has 1 aliphatic heterocycles. The quantitative estimate of drug-likeness (QED) is 0.596. The van der Waals surface area contributed by atoms with Crippen molar-refractivity contribution < 1.29 is 4.79 Å². The SMILES string of the molecule is CCNC(=O)C1(C)CCNC1. The molecule has 1 fully saturated rings. The molecular weight excluding hydrogens is 140 g/mol. The van der Waals surface area contributed by atoms with Gasteiger partial charge in [0, 0.05) is 13.1 Å². The molecule has 0 saturated carbocycles. The summed E-state index contributed by atoms with van der Waals surface area (Å²) in [5, 5.41) is 6.04. The van der Waals surface area contributed by atoms with E-state index in [9.17, 15) is 4.79 Å². The Morgan fingerprint density at radius 1 is 1.73 bits per heavy atom. The van der Waals surface area contributed by atoms with Gasteiger partial charge in [-0.3, -0.25) is 4.79 Å². The second kappa shape index (κ2) is 3.22. The summed E-state index contributed by atoms with van der Waals surface area (Å²) in [5.41, 5.74) is -0.157. The summed E-state index contributed by atoms with van der Waals surface area (Å²) in [5.74, 6) is 0.185. The summed E-state index contributed by atoms with van der Waals surface area (Å²) >= 11 is 0. The minimum absolute atomic E-state index is 0.157. The number of nitrogens with one attached hydrogen (secondary N) is 2. The van der Waals surface area contributed by atoms with Crippen LogP contribution < -0.4 is 10.6 Å². The monoisotopic (exact) mass is 156 g/mol. The largest absolute Gasteiger partial charge is 0.356 e. The molecule has 1 saturated heterocycles. The highest BCUT2D eigenvalue weighted by Crippen LogP contribution is 2.23.